The van der Waals surface area contributed by atoms with Crippen molar-refractivity contribution >= 4 is 28.8 Å². The summed E-state index contributed by atoms with van der Waals surface area (Å²) in [5.74, 6) is 0. The molecule has 0 saturated heterocycles. The van der Waals surface area contributed by atoms with Crippen molar-refractivity contribution in [3.8, 4) is 6.07 Å². The number of nitriles is 1. The normalized spacial score (nSPS) is 10.7. The van der Waals surface area contributed by atoms with Crippen LogP contribution in [0.2, 0.25) is 10.0 Å². The van der Waals surface area contributed by atoms with Gasteiger partial charge in [-0.15, -0.1) is 0 Å². The smallest absolute Gasteiger partial charge is 0.148 e. The molecule has 1 aromatic carbocycles. The van der Waals surface area contributed by atoms with Crippen molar-refractivity contribution in [1.82, 2.24) is 9.38 Å². The van der Waals surface area contributed by atoms with Crippen LogP contribution in [0.4, 0.5) is 0 Å². The van der Waals surface area contributed by atoms with E-state index in [9.17, 15) is 5.26 Å². The average Bonchev–Trinajstić information content (AvgIpc) is 2.78. The molecule has 3 aromatic rings. The molecule has 0 N–H and O–H groups in total. The zero-order valence-corrected chi connectivity index (χ0v) is 11.9. The fourth-order valence-corrected chi connectivity index (χ4v) is 2.39. The van der Waals surface area contributed by atoms with Crippen molar-refractivity contribution in [1.29, 1.82) is 5.26 Å². The highest BCUT2D eigenvalue weighted by atomic mass is 35.5. The first-order chi connectivity index (χ1) is 9.67. The van der Waals surface area contributed by atoms with E-state index in [4.69, 9.17) is 23.2 Å². The highest BCUT2D eigenvalue weighted by Gasteiger charge is 2.12. The number of fused-ring (bicyclic) bond motifs is 1. The molecule has 0 fully saturated rings. The number of hydrogen-bond donors (Lipinski definition) is 0. The first kappa shape index (κ1) is 13.0. The SMILES string of the molecule is N#Cc1c(Cc2ccc(Cl)cc2)nc2ccc(Cl)cn12. The van der Waals surface area contributed by atoms with Crippen LogP contribution in [0.25, 0.3) is 5.65 Å². The fourth-order valence-electron chi connectivity index (χ4n) is 2.10. The monoisotopic (exact) mass is 301 g/mol. The number of benzene rings is 1. The van der Waals surface area contributed by atoms with Crippen LogP contribution in [0.1, 0.15) is 17.0 Å². The number of pyridine rings is 1. The maximum absolute atomic E-state index is 9.34. The van der Waals surface area contributed by atoms with E-state index in [-0.39, 0.29) is 0 Å². The number of halogens is 2. The van der Waals surface area contributed by atoms with E-state index in [1.165, 1.54) is 0 Å². The molecule has 2 aromatic heterocycles. The van der Waals surface area contributed by atoms with Gasteiger partial charge in [0.15, 0.2) is 0 Å². The molecule has 0 radical (unpaired) electrons. The van der Waals surface area contributed by atoms with Crippen LogP contribution >= 0.6 is 23.2 Å². The quantitative estimate of drug-likeness (QED) is 0.715. The van der Waals surface area contributed by atoms with E-state index in [2.05, 4.69) is 11.1 Å². The fraction of sp³-hybridized carbons (Fsp3) is 0.0667. The minimum atomic E-state index is 0.512. The van der Waals surface area contributed by atoms with Crippen LogP contribution < -0.4 is 0 Å². The molecular weight excluding hydrogens is 293 g/mol. The van der Waals surface area contributed by atoms with Gasteiger partial charge in [0.25, 0.3) is 0 Å². The van der Waals surface area contributed by atoms with Gasteiger partial charge in [0.2, 0.25) is 0 Å². The number of imidazole rings is 1. The number of aromatic nitrogens is 2. The van der Waals surface area contributed by atoms with Gasteiger partial charge in [0.05, 0.1) is 10.7 Å². The lowest BCUT2D eigenvalue weighted by Crippen LogP contribution is -1.93. The highest BCUT2D eigenvalue weighted by Crippen LogP contribution is 2.19. The van der Waals surface area contributed by atoms with Crippen LogP contribution in [0.15, 0.2) is 42.6 Å². The summed E-state index contributed by atoms with van der Waals surface area (Å²) in [5.41, 5.74) is 3.02. The molecule has 0 atom stereocenters. The van der Waals surface area contributed by atoms with Crippen molar-refractivity contribution < 1.29 is 0 Å². The first-order valence-corrected chi connectivity index (χ1v) is 6.74. The zero-order valence-electron chi connectivity index (χ0n) is 10.3. The van der Waals surface area contributed by atoms with Gasteiger partial charge in [-0.1, -0.05) is 35.3 Å². The van der Waals surface area contributed by atoms with Crippen molar-refractivity contribution in [2.75, 3.05) is 0 Å². The van der Waals surface area contributed by atoms with Crippen LogP contribution in [0.3, 0.4) is 0 Å². The van der Waals surface area contributed by atoms with Gasteiger partial charge in [-0.05, 0) is 29.8 Å². The molecule has 98 valence electrons. The lowest BCUT2D eigenvalue weighted by Gasteiger charge is -1.99. The van der Waals surface area contributed by atoms with Crippen molar-refractivity contribution in [3.05, 3.63) is 69.6 Å². The molecular formula is C15H9Cl2N3. The second kappa shape index (κ2) is 5.16. The number of hydrogen-bond acceptors (Lipinski definition) is 2. The molecule has 2 heterocycles. The summed E-state index contributed by atoms with van der Waals surface area (Å²) in [4.78, 5) is 4.49. The van der Waals surface area contributed by atoms with E-state index < -0.39 is 0 Å². The summed E-state index contributed by atoms with van der Waals surface area (Å²) in [5, 5.41) is 10.6. The van der Waals surface area contributed by atoms with Gasteiger partial charge in [-0.2, -0.15) is 5.26 Å². The third kappa shape index (κ3) is 2.36. The first-order valence-electron chi connectivity index (χ1n) is 5.98. The minimum absolute atomic E-state index is 0.512. The molecule has 5 heteroatoms. The largest absolute Gasteiger partial charge is 0.290 e. The summed E-state index contributed by atoms with van der Waals surface area (Å²) in [6.45, 7) is 0. The molecule has 0 amide bonds. The molecule has 0 aliphatic rings. The van der Waals surface area contributed by atoms with Gasteiger partial charge in [0.1, 0.15) is 17.4 Å². The van der Waals surface area contributed by atoms with Crippen molar-refractivity contribution in [2.24, 2.45) is 0 Å². The summed E-state index contributed by atoms with van der Waals surface area (Å²) >= 11 is 11.8. The van der Waals surface area contributed by atoms with Crippen LogP contribution in [-0.2, 0) is 6.42 Å². The lowest BCUT2D eigenvalue weighted by atomic mass is 10.1. The van der Waals surface area contributed by atoms with Crippen molar-refractivity contribution in [3.63, 3.8) is 0 Å². The Morgan fingerprint density at radius 1 is 1.05 bits per heavy atom. The maximum atomic E-state index is 9.34. The van der Waals surface area contributed by atoms with E-state index in [0.717, 1.165) is 16.9 Å². The molecule has 0 aliphatic carbocycles. The Morgan fingerprint density at radius 3 is 2.45 bits per heavy atom. The zero-order chi connectivity index (χ0) is 14.1. The molecule has 3 rings (SSSR count). The summed E-state index contributed by atoms with van der Waals surface area (Å²) in [6.07, 6.45) is 2.28. The van der Waals surface area contributed by atoms with Gasteiger partial charge in [0, 0.05) is 17.6 Å². The second-order valence-electron chi connectivity index (χ2n) is 4.40. The third-order valence-electron chi connectivity index (χ3n) is 3.05. The predicted molar refractivity (Wildman–Crippen MR) is 79.2 cm³/mol. The molecule has 0 bridgehead atoms. The van der Waals surface area contributed by atoms with Crippen LogP contribution in [-0.4, -0.2) is 9.38 Å². The molecule has 0 spiro atoms. The van der Waals surface area contributed by atoms with E-state index in [1.807, 2.05) is 24.3 Å². The topological polar surface area (TPSA) is 41.1 Å². The molecule has 0 aliphatic heterocycles. The lowest BCUT2D eigenvalue weighted by molar-refractivity contribution is 1.09. The summed E-state index contributed by atoms with van der Waals surface area (Å²) in [6, 6.07) is 13.3. The van der Waals surface area contributed by atoms with Crippen LogP contribution in [0, 0.1) is 11.3 Å². The van der Waals surface area contributed by atoms with E-state index in [1.54, 1.807) is 22.7 Å². The predicted octanol–water partition coefficient (Wildman–Crippen LogP) is 4.10. The van der Waals surface area contributed by atoms with Gasteiger partial charge in [-0.25, -0.2) is 4.98 Å². The number of rotatable bonds is 2. The maximum Gasteiger partial charge on any atom is 0.148 e. The highest BCUT2D eigenvalue weighted by molar-refractivity contribution is 6.30. The average molecular weight is 302 g/mol. The summed E-state index contributed by atoms with van der Waals surface area (Å²) < 4.78 is 1.72. The Morgan fingerprint density at radius 2 is 1.75 bits per heavy atom. The second-order valence-corrected chi connectivity index (χ2v) is 5.27. The molecule has 0 saturated carbocycles. The van der Waals surface area contributed by atoms with Gasteiger partial charge < -0.3 is 0 Å². The number of nitrogens with zero attached hydrogens (tertiary/aromatic N) is 3. The Kier molecular flexibility index (Phi) is 3.35. The molecule has 20 heavy (non-hydrogen) atoms. The Bertz CT molecular complexity index is 813. The van der Waals surface area contributed by atoms with Gasteiger partial charge in [-0.3, -0.25) is 4.40 Å². The Hall–Kier alpha value is -2.02. The third-order valence-corrected chi connectivity index (χ3v) is 3.52. The Balaban J connectivity index is 2.07. The Labute approximate surface area is 126 Å². The van der Waals surface area contributed by atoms with Crippen LogP contribution in [0.5, 0.6) is 0 Å². The minimum Gasteiger partial charge on any atom is -0.290 e. The van der Waals surface area contributed by atoms with E-state index >= 15 is 0 Å². The van der Waals surface area contributed by atoms with Gasteiger partial charge >= 0.3 is 0 Å². The standard InChI is InChI=1S/C15H9Cl2N3/c16-11-3-1-10(2-4-11)7-13-14(8-18)20-9-12(17)5-6-15(20)19-13/h1-6,9H,7H2. The van der Waals surface area contributed by atoms with E-state index in [0.29, 0.717) is 22.2 Å². The summed E-state index contributed by atoms with van der Waals surface area (Å²) in [7, 11) is 0. The molecule has 0 unspecified atom stereocenters. The van der Waals surface area contributed by atoms with Crippen molar-refractivity contribution in [2.45, 2.75) is 6.42 Å². The molecule has 3 nitrogen and oxygen atoms in total.